The number of nitrogens with zero attached hydrogens (tertiary/aromatic N) is 1. The lowest BCUT2D eigenvalue weighted by molar-refractivity contribution is 0.122. The molecule has 1 rings (SSSR count). The van der Waals surface area contributed by atoms with E-state index >= 15 is 0 Å². The first kappa shape index (κ1) is 12.7. The molecular formula is C13H26N2. The summed E-state index contributed by atoms with van der Waals surface area (Å²) in [4.78, 5) is 2.46. The van der Waals surface area contributed by atoms with Gasteiger partial charge in [-0.25, -0.2) is 0 Å². The van der Waals surface area contributed by atoms with Crippen LogP contribution in [0.2, 0.25) is 0 Å². The van der Waals surface area contributed by atoms with Crippen molar-refractivity contribution in [1.82, 2.24) is 4.90 Å². The summed E-state index contributed by atoms with van der Waals surface area (Å²) in [6, 6.07) is 0. The standard InChI is InChI=1S/C13H26N2/c1-3-10-15(4-2)12-13(11-14)8-6-5-7-9-13/h3H,1,4-12,14H2,2H3. The Morgan fingerprint density at radius 1 is 1.33 bits per heavy atom. The number of rotatable bonds is 6. The fraction of sp³-hybridized carbons (Fsp3) is 0.846. The molecule has 1 aliphatic carbocycles. The van der Waals surface area contributed by atoms with Crippen LogP contribution in [0, 0.1) is 5.41 Å². The predicted octanol–water partition coefficient (Wildman–Crippen LogP) is 2.40. The summed E-state index contributed by atoms with van der Waals surface area (Å²) < 4.78 is 0. The molecule has 0 heterocycles. The van der Waals surface area contributed by atoms with Crippen molar-refractivity contribution in [3.63, 3.8) is 0 Å². The van der Waals surface area contributed by atoms with E-state index in [1.54, 1.807) is 0 Å². The summed E-state index contributed by atoms with van der Waals surface area (Å²) in [6.07, 6.45) is 8.76. The third kappa shape index (κ3) is 3.62. The van der Waals surface area contributed by atoms with Crippen molar-refractivity contribution in [2.24, 2.45) is 11.1 Å². The third-order valence-electron chi connectivity index (χ3n) is 3.74. The first-order chi connectivity index (χ1) is 7.26. The molecule has 0 amide bonds. The summed E-state index contributed by atoms with van der Waals surface area (Å²) in [5.74, 6) is 0. The summed E-state index contributed by atoms with van der Waals surface area (Å²) in [7, 11) is 0. The van der Waals surface area contributed by atoms with Crippen molar-refractivity contribution < 1.29 is 0 Å². The molecule has 0 atom stereocenters. The Morgan fingerprint density at radius 3 is 2.47 bits per heavy atom. The van der Waals surface area contributed by atoms with Gasteiger partial charge in [-0.05, 0) is 31.3 Å². The highest BCUT2D eigenvalue weighted by Gasteiger charge is 2.31. The van der Waals surface area contributed by atoms with Gasteiger partial charge in [0, 0.05) is 13.1 Å². The topological polar surface area (TPSA) is 29.3 Å². The summed E-state index contributed by atoms with van der Waals surface area (Å²) in [5.41, 5.74) is 6.38. The van der Waals surface area contributed by atoms with Crippen LogP contribution in [-0.2, 0) is 0 Å². The molecule has 1 saturated carbocycles. The number of likely N-dealkylation sites (N-methyl/N-ethyl adjacent to an activating group) is 1. The molecule has 0 unspecified atom stereocenters. The SMILES string of the molecule is C=CCN(CC)CC1(CN)CCCCC1. The minimum absolute atomic E-state index is 0.400. The number of hydrogen-bond acceptors (Lipinski definition) is 2. The Kier molecular flexibility index (Phi) is 5.34. The molecule has 0 bridgehead atoms. The highest BCUT2D eigenvalue weighted by Crippen LogP contribution is 2.35. The van der Waals surface area contributed by atoms with E-state index in [0.717, 1.165) is 26.2 Å². The smallest absolute Gasteiger partial charge is 0.0160 e. The van der Waals surface area contributed by atoms with Gasteiger partial charge in [0.15, 0.2) is 0 Å². The molecule has 15 heavy (non-hydrogen) atoms. The Bertz CT molecular complexity index is 183. The molecule has 0 radical (unpaired) electrons. The van der Waals surface area contributed by atoms with Gasteiger partial charge in [0.2, 0.25) is 0 Å². The maximum atomic E-state index is 5.98. The summed E-state index contributed by atoms with van der Waals surface area (Å²) >= 11 is 0. The van der Waals surface area contributed by atoms with Gasteiger partial charge in [0.05, 0.1) is 0 Å². The zero-order chi connectivity index (χ0) is 11.1. The molecule has 2 N–H and O–H groups in total. The zero-order valence-electron chi connectivity index (χ0n) is 10.2. The Hall–Kier alpha value is -0.340. The molecule has 88 valence electrons. The lowest BCUT2D eigenvalue weighted by Crippen LogP contribution is -2.44. The molecule has 0 aromatic carbocycles. The second-order valence-corrected chi connectivity index (χ2v) is 4.88. The van der Waals surface area contributed by atoms with Crippen molar-refractivity contribution >= 4 is 0 Å². The van der Waals surface area contributed by atoms with Crippen LogP contribution < -0.4 is 5.73 Å². The molecule has 0 saturated heterocycles. The van der Waals surface area contributed by atoms with Gasteiger partial charge in [0.1, 0.15) is 0 Å². The minimum Gasteiger partial charge on any atom is -0.330 e. The van der Waals surface area contributed by atoms with Gasteiger partial charge in [-0.1, -0.05) is 32.3 Å². The van der Waals surface area contributed by atoms with Crippen LogP contribution in [-0.4, -0.2) is 31.1 Å². The summed E-state index contributed by atoms with van der Waals surface area (Å²) in [5, 5.41) is 0. The molecule has 2 nitrogen and oxygen atoms in total. The van der Waals surface area contributed by atoms with E-state index in [0.29, 0.717) is 5.41 Å². The Labute approximate surface area is 94.5 Å². The zero-order valence-corrected chi connectivity index (χ0v) is 10.2. The van der Waals surface area contributed by atoms with Crippen LogP contribution in [0.5, 0.6) is 0 Å². The normalized spacial score (nSPS) is 20.5. The number of hydrogen-bond donors (Lipinski definition) is 1. The second-order valence-electron chi connectivity index (χ2n) is 4.88. The van der Waals surface area contributed by atoms with E-state index in [4.69, 9.17) is 5.73 Å². The first-order valence-corrected chi connectivity index (χ1v) is 6.29. The van der Waals surface area contributed by atoms with Crippen molar-refractivity contribution in [2.75, 3.05) is 26.2 Å². The van der Waals surface area contributed by atoms with Gasteiger partial charge in [-0.15, -0.1) is 6.58 Å². The maximum Gasteiger partial charge on any atom is 0.0160 e. The van der Waals surface area contributed by atoms with Crippen LogP contribution in [0.25, 0.3) is 0 Å². The molecule has 1 fully saturated rings. The summed E-state index contributed by atoms with van der Waals surface area (Å²) in [6.45, 7) is 10.1. The van der Waals surface area contributed by atoms with Crippen LogP contribution in [0.15, 0.2) is 12.7 Å². The molecule has 0 aromatic rings. The van der Waals surface area contributed by atoms with Crippen LogP contribution in [0.4, 0.5) is 0 Å². The minimum atomic E-state index is 0.400. The highest BCUT2D eigenvalue weighted by atomic mass is 15.1. The van der Waals surface area contributed by atoms with Crippen molar-refractivity contribution in [1.29, 1.82) is 0 Å². The second kappa shape index (κ2) is 6.29. The average molecular weight is 210 g/mol. The molecular weight excluding hydrogens is 184 g/mol. The van der Waals surface area contributed by atoms with E-state index < -0.39 is 0 Å². The Morgan fingerprint density at radius 2 is 2.00 bits per heavy atom. The molecule has 1 aliphatic rings. The molecule has 0 aromatic heterocycles. The average Bonchev–Trinajstić information content (AvgIpc) is 2.30. The van der Waals surface area contributed by atoms with E-state index in [9.17, 15) is 0 Å². The fourth-order valence-corrected chi connectivity index (χ4v) is 2.69. The van der Waals surface area contributed by atoms with Gasteiger partial charge in [-0.2, -0.15) is 0 Å². The van der Waals surface area contributed by atoms with Gasteiger partial charge >= 0.3 is 0 Å². The molecule has 2 heteroatoms. The fourth-order valence-electron chi connectivity index (χ4n) is 2.69. The van der Waals surface area contributed by atoms with E-state index in [-0.39, 0.29) is 0 Å². The predicted molar refractivity (Wildman–Crippen MR) is 66.9 cm³/mol. The van der Waals surface area contributed by atoms with E-state index in [1.807, 2.05) is 6.08 Å². The number of nitrogens with two attached hydrogens (primary N) is 1. The van der Waals surface area contributed by atoms with Crippen molar-refractivity contribution in [2.45, 2.75) is 39.0 Å². The van der Waals surface area contributed by atoms with Gasteiger partial charge in [0.25, 0.3) is 0 Å². The van der Waals surface area contributed by atoms with Gasteiger partial charge in [-0.3, -0.25) is 4.90 Å². The van der Waals surface area contributed by atoms with E-state index in [1.165, 1.54) is 32.1 Å². The van der Waals surface area contributed by atoms with Crippen LogP contribution >= 0.6 is 0 Å². The molecule has 0 aliphatic heterocycles. The first-order valence-electron chi connectivity index (χ1n) is 6.29. The quantitative estimate of drug-likeness (QED) is 0.682. The lowest BCUT2D eigenvalue weighted by Gasteiger charge is -2.40. The van der Waals surface area contributed by atoms with E-state index in [2.05, 4.69) is 18.4 Å². The van der Waals surface area contributed by atoms with Crippen LogP contribution in [0.3, 0.4) is 0 Å². The monoisotopic (exact) mass is 210 g/mol. The molecule has 0 spiro atoms. The van der Waals surface area contributed by atoms with Crippen LogP contribution in [0.1, 0.15) is 39.0 Å². The van der Waals surface area contributed by atoms with Crippen molar-refractivity contribution in [3.8, 4) is 0 Å². The highest BCUT2D eigenvalue weighted by molar-refractivity contribution is 4.88. The largest absolute Gasteiger partial charge is 0.330 e. The lowest BCUT2D eigenvalue weighted by atomic mass is 9.73. The maximum absolute atomic E-state index is 5.98. The van der Waals surface area contributed by atoms with Crippen molar-refractivity contribution in [3.05, 3.63) is 12.7 Å². The Balaban J connectivity index is 2.52. The van der Waals surface area contributed by atoms with Gasteiger partial charge < -0.3 is 5.73 Å². The third-order valence-corrected chi connectivity index (χ3v) is 3.74.